The monoisotopic (exact) mass is 430 g/mol. The molecule has 2 aromatic rings. The first kappa shape index (κ1) is 21.0. The molecule has 4 rings (SSSR count). The first-order chi connectivity index (χ1) is 14.4. The Morgan fingerprint density at radius 1 is 0.900 bits per heavy atom. The van der Waals surface area contributed by atoms with Gasteiger partial charge in [0.2, 0.25) is 0 Å². The highest BCUT2D eigenvalue weighted by molar-refractivity contribution is 7.90. The number of amides is 1. The van der Waals surface area contributed by atoms with Crippen LogP contribution in [0.5, 0.6) is 0 Å². The molecule has 0 aromatic heterocycles. The number of rotatable bonds is 5. The highest BCUT2D eigenvalue weighted by Gasteiger charge is 2.24. The summed E-state index contributed by atoms with van der Waals surface area (Å²) in [4.78, 5) is 17.1. The van der Waals surface area contributed by atoms with E-state index in [1.807, 2.05) is 23.1 Å². The Balaban J connectivity index is 1.57. The number of hydrogen-bond donors (Lipinski definition) is 0. The number of morpholine rings is 1. The molecule has 2 aliphatic rings. The van der Waals surface area contributed by atoms with Gasteiger partial charge in [0.25, 0.3) is 5.91 Å². The molecule has 0 radical (unpaired) electrons. The summed E-state index contributed by atoms with van der Waals surface area (Å²) in [6, 6.07) is 12.8. The van der Waals surface area contributed by atoms with E-state index in [1.54, 1.807) is 24.3 Å². The third kappa shape index (κ3) is 4.73. The first-order valence-electron chi connectivity index (χ1n) is 10.0. The molecular formula is C22H26N2O5S. The van der Waals surface area contributed by atoms with Crippen LogP contribution in [-0.4, -0.2) is 71.5 Å². The standard InChI is InChI=1S/C22H26N2O5S/c1-30(26,27)20-5-2-17(3-6-20)18-4-7-21-19(14-18)15-29-16-22(25)24(21)9-8-23-10-12-28-13-11-23/h2-7,14H,8-13,15-16H2,1H3. The summed E-state index contributed by atoms with van der Waals surface area (Å²) in [6.07, 6.45) is 1.20. The summed E-state index contributed by atoms with van der Waals surface area (Å²) < 4.78 is 34.4. The van der Waals surface area contributed by atoms with E-state index in [2.05, 4.69) is 4.90 Å². The summed E-state index contributed by atoms with van der Waals surface area (Å²) in [5.74, 6) is -0.0349. The summed E-state index contributed by atoms with van der Waals surface area (Å²) in [5.41, 5.74) is 3.70. The Labute approximate surface area is 177 Å². The van der Waals surface area contributed by atoms with Gasteiger partial charge in [-0.2, -0.15) is 0 Å². The lowest BCUT2D eigenvalue weighted by Crippen LogP contribution is -2.43. The summed E-state index contributed by atoms with van der Waals surface area (Å²) >= 11 is 0. The van der Waals surface area contributed by atoms with Crippen molar-refractivity contribution in [1.29, 1.82) is 0 Å². The zero-order valence-electron chi connectivity index (χ0n) is 17.0. The molecule has 30 heavy (non-hydrogen) atoms. The topological polar surface area (TPSA) is 76.2 Å². The molecule has 0 spiro atoms. The zero-order chi connectivity index (χ0) is 21.1. The predicted molar refractivity (Wildman–Crippen MR) is 114 cm³/mol. The number of carbonyl (C=O) groups is 1. The summed E-state index contributed by atoms with van der Waals surface area (Å²) in [7, 11) is -3.23. The molecule has 8 heteroatoms. The van der Waals surface area contributed by atoms with Crippen molar-refractivity contribution in [3.63, 3.8) is 0 Å². The van der Waals surface area contributed by atoms with Crippen LogP contribution in [0.2, 0.25) is 0 Å². The van der Waals surface area contributed by atoms with Crippen molar-refractivity contribution in [1.82, 2.24) is 4.90 Å². The van der Waals surface area contributed by atoms with Crippen molar-refractivity contribution in [2.45, 2.75) is 11.5 Å². The van der Waals surface area contributed by atoms with Crippen molar-refractivity contribution in [2.24, 2.45) is 0 Å². The molecule has 7 nitrogen and oxygen atoms in total. The smallest absolute Gasteiger partial charge is 0.253 e. The Morgan fingerprint density at radius 2 is 1.60 bits per heavy atom. The number of benzene rings is 2. The van der Waals surface area contributed by atoms with E-state index in [9.17, 15) is 13.2 Å². The third-order valence-corrected chi connectivity index (χ3v) is 6.64. The van der Waals surface area contributed by atoms with Gasteiger partial charge >= 0.3 is 0 Å². The number of carbonyl (C=O) groups excluding carboxylic acids is 1. The van der Waals surface area contributed by atoms with Gasteiger partial charge in [0.1, 0.15) is 6.61 Å². The molecule has 0 atom stereocenters. The third-order valence-electron chi connectivity index (χ3n) is 5.51. The molecule has 0 N–H and O–H groups in total. The van der Waals surface area contributed by atoms with E-state index >= 15 is 0 Å². The van der Waals surface area contributed by atoms with E-state index in [1.165, 1.54) is 6.26 Å². The molecule has 1 fully saturated rings. The fourth-order valence-corrected chi connectivity index (χ4v) is 4.44. The van der Waals surface area contributed by atoms with Crippen LogP contribution in [0.25, 0.3) is 11.1 Å². The van der Waals surface area contributed by atoms with E-state index in [4.69, 9.17) is 9.47 Å². The van der Waals surface area contributed by atoms with Gasteiger partial charge in [0, 0.05) is 43.7 Å². The second-order valence-electron chi connectivity index (χ2n) is 7.63. The summed E-state index contributed by atoms with van der Waals surface area (Å²) in [6.45, 7) is 5.06. The molecule has 1 saturated heterocycles. The Kier molecular flexibility index (Phi) is 6.19. The molecule has 2 aliphatic heterocycles. The second kappa shape index (κ2) is 8.85. The highest BCUT2D eigenvalue weighted by Crippen LogP contribution is 2.30. The van der Waals surface area contributed by atoms with E-state index in [0.29, 0.717) is 18.0 Å². The Bertz CT molecular complexity index is 1010. The molecule has 0 unspecified atom stereocenters. The molecule has 2 heterocycles. The van der Waals surface area contributed by atoms with Crippen molar-refractivity contribution in [2.75, 3.05) is 57.2 Å². The van der Waals surface area contributed by atoms with Crippen LogP contribution in [0.3, 0.4) is 0 Å². The molecule has 0 saturated carbocycles. The maximum atomic E-state index is 12.6. The second-order valence-corrected chi connectivity index (χ2v) is 9.65. The van der Waals surface area contributed by atoms with Crippen LogP contribution >= 0.6 is 0 Å². The van der Waals surface area contributed by atoms with Gasteiger partial charge in [-0.15, -0.1) is 0 Å². The fraction of sp³-hybridized carbons (Fsp3) is 0.409. The number of sulfone groups is 1. The Hall–Kier alpha value is -2.26. The van der Waals surface area contributed by atoms with Crippen molar-refractivity contribution in [3.05, 3.63) is 48.0 Å². The number of nitrogens with zero attached hydrogens (tertiary/aromatic N) is 2. The first-order valence-corrected chi connectivity index (χ1v) is 11.9. The van der Waals surface area contributed by atoms with Gasteiger partial charge in [-0.3, -0.25) is 9.69 Å². The average molecular weight is 431 g/mol. The minimum atomic E-state index is -3.23. The zero-order valence-corrected chi connectivity index (χ0v) is 17.9. The number of fused-ring (bicyclic) bond motifs is 1. The van der Waals surface area contributed by atoms with E-state index in [0.717, 1.165) is 55.2 Å². The van der Waals surface area contributed by atoms with E-state index < -0.39 is 9.84 Å². The van der Waals surface area contributed by atoms with Crippen LogP contribution in [0.4, 0.5) is 5.69 Å². The van der Waals surface area contributed by atoms with Gasteiger partial charge in [-0.05, 0) is 35.4 Å². The fourth-order valence-electron chi connectivity index (χ4n) is 3.81. The minimum absolute atomic E-state index is 0.0349. The van der Waals surface area contributed by atoms with Crippen LogP contribution in [-0.2, 0) is 30.7 Å². The average Bonchev–Trinajstić information content (AvgIpc) is 2.90. The number of ether oxygens (including phenoxy) is 2. The largest absolute Gasteiger partial charge is 0.379 e. The maximum Gasteiger partial charge on any atom is 0.253 e. The lowest BCUT2D eigenvalue weighted by Gasteiger charge is -2.30. The van der Waals surface area contributed by atoms with Crippen molar-refractivity contribution >= 4 is 21.4 Å². The van der Waals surface area contributed by atoms with Gasteiger partial charge in [-0.1, -0.05) is 18.2 Å². The van der Waals surface area contributed by atoms with Crippen LogP contribution in [0.15, 0.2) is 47.4 Å². The molecule has 0 bridgehead atoms. The predicted octanol–water partition coefficient (Wildman–Crippen LogP) is 1.95. The van der Waals surface area contributed by atoms with Gasteiger partial charge in [-0.25, -0.2) is 8.42 Å². The van der Waals surface area contributed by atoms with Crippen LogP contribution in [0, 0.1) is 0 Å². The molecule has 0 aliphatic carbocycles. The van der Waals surface area contributed by atoms with Crippen LogP contribution in [0.1, 0.15) is 5.56 Å². The Morgan fingerprint density at radius 3 is 2.30 bits per heavy atom. The molecular weight excluding hydrogens is 404 g/mol. The highest BCUT2D eigenvalue weighted by atomic mass is 32.2. The lowest BCUT2D eigenvalue weighted by atomic mass is 10.0. The van der Waals surface area contributed by atoms with Gasteiger partial charge in [0.15, 0.2) is 9.84 Å². The van der Waals surface area contributed by atoms with Crippen LogP contribution < -0.4 is 4.90 Å². The van der Waals surface area contributed by atoms with Gasteiger partial charge in [0.05, 0.1) is 24.7 Å². The molecule has 2 aromatic carbocycles. The normalized spacial score (nSPS) is 18.2. The minimum Gasteiger partial charge on any atom is -0.379 e. The van der Waals surface area contributed by atoms with Crippen molar-refractivity contribution in [3.8, 4) is 11.1 Å². The molecule has 160 valence electrons. The van der Waals surface area contributed by atoms with Gasteiger partial charge < -0.3 is 14.4 Å². The number of hydrogen-bond acceptors (Lipinski definition) is 6. The SMILES string of the molecule is CS(=O)(=O)c1ccc(-c2ccc3c(c2)COCC(=O)N3CCN2CCOCC2)cc1. The lowest BCUT2D eigenvalue weighted by molar-refractivity contribution is -0.123. The van der Waals surface area contributed by atoms with E-state index in [-0.39, 0.29) is 12.5 Å². The summed E-state index contributed by atoms with van der Waals surface area (Å²) in [5, 5.41) is 0. The quantitative estimate of drug-likeness (QED) is 0.722. The number of anilines is 1. The van der Waals surface area contributed by atoms with Crippen molar-refractivity contribution < 1.29 is 22.7 Å². The molecule has 1 amide bonds. The maximum absolute atomic E-state index is 12.6.